The third-order valence-electron chi connectivity index (χ3n) is 1.95. The third kappa shape index (κ3) is 3.39. The molecule has 4 nitrogen and oxygen atoms in total. The van der Waals surface area contributed by atoms with E-state index in [0.29, 0.717) is 22.6 Å². The predicted octanol–water partition coefficient (Wildman–Crippen LogP) is 1.15. The van der Waals surface area contributed by atoms with Crippen molar-refractivity contribution in [2.24, 2.45) is 10.9 Å². The summed E-state index contributed by atoms with van der Waals surface area (Å²) in [6.45, 7) is 0.0779. The standard InChI is InChI=1S/C10H13FN2O2S/c11-9-5-7(10(12)13-15)1-2-8(9)6-16-4-3-14/h1-2,5,14-15H,3-4,6H2,(H2,12,13). The molecule has 0 unspecified atom stereocenters. The summed E-state index contributed by atoms with van der Waals surface area (Å²) in [6, 6.07) is 4.41. The van der Waals surface area contributed by atoms with Crippen molar-refractivity contribution < 1.29 is 14.7 Å². The molecule has 0 fully saturated rings. The highest BCUT2D eigenvalue weighted by Gasteiger charge is 2.06. The molecule has 1 aromatic rings. The van der Waals surface area contributed by atoms with E-state index in [1.165, 1.54) is 17.8 Å². The second-order valence-corrected chi connectivity index (χ2v) is 4.17. The van der Waals surface area contributed by atoms with E-state index in [4.69, 9.17) is 16.0 Å². The smallest absolute Gasteiger partial charge is 0.170 e. The molecule has 16 heavy (non-hydrogen) atoms. The first-order chi connectivity index (χ1) is 7.69. The Hall–Kier alpha value is -1.27. The van der Waals surface area contributed by atoms with E-state index in [2.05, 4.69) is 5.16 Å². The Labute approximate surface area is 97.0 Å². The van der Waals surface area contributed by atoms with Crippen LogP contribution >= 0.6 is 11.8 Å². The molecule has 0 aromatic heterocycles. The molecule has 0 aliphatic rings. The van der Waals surface area contributed by atoms with Gasteiger partial charge in [-0.3, -0.25) is 0 Å². The Balaban J connectivity index is 2.75. The van der Waals surface area contributed by atoms with Crippen LogP contribution < -0.4 is 5.73 Å². The SMILES string of the molecule is N/C(=N\O)c1ccc(CSCCO)c(F)c1. The molecule has 4 N–H and O–H groups in total. The van der Waals surface area contributed by atoms with Gasteiger partial charge in [-0.1, -0.05) is 17.3 Å². The van der Waals surface area contributed by atoms with Gasteiger partial charge < -0.3 is 16.0 Å². The van der Waals surface area contributed by atoms with Crippen LogP contribution in [-0.2, 0) is 5.75 Å². The summed E-state index contributed by atoms with van der Waals surface area (Å²) in [5, 5.41) is 19.8. The fraction of sp³-hybridized carbons (Fsp3) is 0.300. The van der Waals surface area contributed by atoms with Crippen molar-refractivity contribution in [1.82, 2.24) is 0 Å². The molecule has 88 valence electrons. The minimum atomic E-state index is -0.394. The molecule has 0 heterocycles. The van der Waals surface area contributed by atoms with Crippen molar-refractivity contribution in [1.29, 1.82) is 0 Å². The maximum Gasteiger partial charge on any atom is 0.170 e. The Kier molecular flexibility index (Phi) is 5.07. The highest BCUT2D eigenvalue weighted by molar-refractivity contribution is 7.98. The highest BCUT2D eigenvalue weighted by atomic mass is 32.2. The lowest BCUT2D eigenvalue weighted by molar-refractivity contribution is 0.318. The molecule has 6 heteroatoms. The molecule has 0 radical (unpaired) electrons. The first-order valence-electron chi connectivity index (χ1n) is 4.64. The fourth-order valence-electron chi connectivity index (χ4n) is 1.13. The number of oxime groups is 1. The van der Waals surface area contributed by atoms with Gasteiger partial charge in [0, 0.05) is 17.1 Å². The lowest BCUT2D eigenvalue weighted by atomic mass is 10.1. The van der Waals surface area contributed by atoms with Crippen molar-refractivity contribution in [2.75, 3.05) is 12.4 Å². The maximum absolute atomic E-state index is 13.5. The highest BCUT2D eigenvalue weighted by Crippen LogP contribution is 2.16. The number of hydrogen-bond donors (Lipinski definition) is 3. The van der Waals surface area contributed by atoms with Crippen LogP contribution in [0.25, 0.3) is 0 Å². The van der Waals surface area contributed by atoms with E-state index in [1.807, 2.05) is 0 Å². The summed E-state index contributed by atoms with van der Waals surface area (Å²) in [5.41, 5.74) is 6.21. The first-order valence-corrected chi connectivity index (χ1v) is 5.79. The summed E-state index contributed by atoms with van der Waals surface area (Å²) in [7, 11) is 0. The van der Waals surface area contributed by atoms with E-state index in [-0.39, 0.29) is 12.4 Å². The van der Waals surface area contributed by atoms with Crippen LogP contribution in [0, 0.1) is 5.82 Å². The number of nitrogens with two attached hydrogens (primary N) is 1. The van der Waals surface area contributed by atoms with Gasteiger partial charge in [0.05, 0.1) is 6.61 Å². The second kappa shape index (κ2) is 6.34. The lowest BCUT2D eigenvalue weighted by Crippen LogP contribution is -2.13. The van der Waals surface area contributed by atoms with Crippen LogP contribution in [0.3, 0.4) is 0 Å². The van der Waals surface area contributed by atoms with E-state index in [1.54, 1.807) is 12.1 Å². The molecule has 0 bridgehead atoms. The Bertz CT molecular complexity index is 385. The molecule has 0 aliphatic carbocycles. The number of amidine groups is 1. The lowest BCUT2D eigenvalue weighted by Gasteiger charge is -2.04. The van der Waals surface area contributed by atoms with Crippen LogP contribution in [0.2, 0.25) is 0 Å². The fourth-order valence-corrected chi connectivity index (χ4v) is 1.86. The molecule has 0 spiro atoms. The van der Waals surface area contributed by atoms with Crippen LogP contribution in [0.4, 0.5) is 4.39 Å². The summed E-state index contributed by atoms with van der Waals surface area (Å²) >= 11 is 1.44. The maximum atomic E-state index is 13.5. The molecule has 0 saturated carbocycles. The quantitative estimate of drug-likeness (QED) is 0.239. The molecule has 0 atom stereocenters. The van der Waals surface area contributed by atoms with E-state index in [0.717, 1.165) is 0 Å². The zero-order chi connectivity index (χ0) is 12.0. The number of halogens is 1. The molecule has 0 amide bonds. The number of hydrogen-bond acceptors (Lipinski definition) is 4. The van der Waals surface area contributed by atoms with Gasteiger partial charge in [0.15, 0.2) is 5.84 Å². The van der Waals surface area contributed by atoms with Crippen LogP contribution in [-0.4, -0.2) is 28.5 Å². The van der Waals surface area contributed by atoms with Crippen molar-refractivity contribution in [3.63, 3.8) is 0 Å². The van der Waals surface area contributed by atoms with Crippen molar-refractivity contribution in [3.8, 4) is 0 Å². The summed E-state index contributed by atoms with van der Waals surface area (Å²) in [6.07, 6.45) is 0. The zero-order valence-electron chi connectivity index (χ0n) is 8.56. The summed E-state index contributed by atoms with van der Waals surface area (Å²) in [4.78, 5) is 0. The monoisotopic (exact) mass is 244 g/mol. The number of rotatable bonds is 5. The van der Waals surface area contributed by atoms with E-state index in [9.17, 15) is 4.39 Å². The third-order valence-corrected chi connectivity index (χ3v) is 2.94. The molecule has 0 saturated heterocycles. The number of thioether (sulfide) groups is 1. The molecule has 0 aliphatic heterocycles. The average Bonchev–Trinajstić information content (AvgIpc) is 2.30. The molecule has 1 rings (SSSR count). The predicted molar refractivity (Wildman–Crippen MR) is 62.2 cm³/mol. The van der Waals surface area contributed by atoms with Gasteiger partial charge >= 0.3 is 0 Å². The van der Waals surface area contributed by atoms with E-state index >= 15 is 0 Å². The second-order valence-electron chi connectivity index (χ2n) is 3.07. The number of aliphatic hydroxyl groups excluding tert-OH is 1. The van der Waals surface area contributed by atoms with Crippen LogP contribution in [0.5, 0.6) is 0 Å². The van der Waals surface area contributed by atoms with Crippen LogP contribution in [0.15, 0.2) is 23.4 Å². The van der Waals surface area contributed by atoms with Crippen molar-refractivity contribution in [3.05, 3.63) is 35.1 Å². The van der Waals surface area contributed by atoms with Gasteiger partial charge in [-0.25, -0.2) is 4.39 Å². The van der Waals surface area contributed by atoms with Gasteiger partial charge in [0.25, 0.3) is 0 Å². The van der Waals surface area contributed by atoms with Crippen molar-refractivity contribution >= 4 is 17.6 Å². The average molecular weight is 244 g/mol. The van der Waals surface area contributed by atoms with Gasteiger partial charge in [-0.05, 0) is 11.6 Å². The first kappa shape index (κ1) is 12.8. The zero-order valence-corrected chi connectivity index (χ0v) is 9.38. The molecule has 1 aromatic carbocycles. The summed E-state index contributed by atoms with van der Waals surface area (Å²) < 4.78 is 13.5. The Morgan fingerprint density at radius 3 is 2.81 bits per heavy atom. The minimum Gasteiger partial charge on any atom is -0.409 e. The number of aliphatic hydroxyl groups is 1. The normalized spacial score (nSPS) is 11.8. The van der Waals surface area contributed by atoms with Crippen LogP contribution in [0.1, 0.15) is 11.1 Å². The molecular formula is C10H13FN2O2S. The number of benzene rings is 1. The Morgan fingerprint density at radius 1 is 1.50 bits per heavy atom. The van der Waals surface area contributed by atoms with Crippen molar-refractivity contribution in [2.45, 2.75) is 5.75 Å². The van der Waals surface area contributed by atoms with Gasteiger partial charge in [0.2, 0.25) is 0 Å². The van der Waals surface area contributed by atoms with Gasteiger partial charge in [0.1, 0.15) is 5.82 Å². The topological polar surface area (TPSA) is 78.8 Å². The van der Waals surface area contributed by atoms with E-state index < -0.39 is 5.82 Å². The minimum absolute atomic E-state index is 0.0779. The summed E-state index contributed by atoms with van der Waals surface area (Å²) in [5.74, 6) is 0.549. The van der Waals surface area contributed by atoms with Gasteiger partial charge in [-0.15, -0.1) is 0 Å². The Morgan fingerprint density at radius 2 is 2.25 bits per heavy atom. The number of nitrogens with zero attached hydrogens (tertiary/aromatic N) is 1. The van der Waals surface area contributed by atoms with Gasteiger partial charge in [-0.2, -0.15) is 11.8 Å². The molecular weight excluding hydrogens is 231 g/mol. The largest absolute Gasteiger partial charge is 0.409 e.